The molecule has 32 heavy (non-hydrogen) atoms. The van der Waals surface area contributed by atoms with Crippen molar-refractivity contribution in [1.82, 2.24) is 15.8 Å². The number of hydrogen-bond acceptors (Lipinski definition) is 8. The minimum Gasteiger partial charge on any atom is -0.478 e. The van der Waals surface area contributed by atoms with E-state index in [4.69, 9.17) is 4.74 Å². The molecule has 0 spiro atoms. The summed E-state index contributed by atoms with van der Waals surface area (Å²) in [6, 6.07) is 9.54. The molecule has 0 radical (unpaired) electrons. The number of benzene rings is 2. The van der Waals surface area contributed by atoms with Crippen molar-refractivity contribution in [3.63, 3.8) is 0 Å². The second kappa shape index (κ2) is 10.2. The number of nitrogens with one attached hydrogen (secondary N) is 2. The number of hydrazine groups is 1. The maximum Gasteiger partial charge on any atom is 0.284 e. The van der Waals surface area contributed by atoms with Gasteiger partial charge in [-0.2, -0.15) is 0 Å². The van der Waals surface area contributed by atoms with Crippen LogP contribution in [-0.4, -0.2) is 27.8 Å². The van der Waals surface area contributed by atoms with Crippen LogP contribution in [0.4, 0.5) is 10.1 Å². The Morgan fingerprint density at radius 3 is 2.66 bits per heavy atom. The number of carbonyl (C=O) groups excluding carboxylic acids is 2. The van der Waals surface area contributed by atoms with Gasteiger partial charge in [0.25, 0.3) is 17.5 Å². The van der Waals surface area contributed by atoms with Gasteiger partial charge in [-0.15, -0.1) is 11.3 Å². The van der Waals surface area contributed by atoms with Crippen LogP contribution in [0.2, 0.25) is 0 Å². The van der Waals surface area contributed by atoms with Crippen molar-refractivity contribution in [1.29, 1.82) is 0 Å². The van der Waals surface area contributed by atoms with E-state index in [9.17, 15) is 24.1 Å². The molecule has 3 aromatic rings. The Morgan fingerprint density at radius 1 is 1.25 bits per heavy atom. The normalized spacial score (nSPS) is 11.5. The molecule has 2 aromatic carbocycles. The van der Waals surface area contributed by atoms with Crippen LogP contribution >= 0.6 is 23.1 Å². The predicted octanol–water partition coefficient (Wildman–Crippen LogP) is 3.88. The Hall–Kier alpha value is -3.51. The third-order valence-corrected chi connectivity index (χ3v) is 6.14. The minimum absolute atomic E-state index is 0.0284. The topological polar surface area (TPSA) is 123 Å². The van der Waals surface area contributed by atoms with Gasteiger partial charge in [0, 0.05) is 22.7 Å². The summed E-state index contributed by atoms with van der Waals surface area (Å²) in [5.41, 5.74) is 4.84. The summed E-state index contributed by atoms with van der Waals surface area (Å²) in [6.07, 6.45) is -1.11. The highest BCUT2D eigenvalue weighted by Crippen LogP contribution is 2.36. The summed E-state index contributed by atoms with van der Waals surface area (Å²) in [5, 5.41) is 13.3. The number of halogens is 1. The number of carbonyl (C=O) groups is 2. The molecule has 1 unspecified atom stereocenters. The number of amides is 2. The van der Waals surface area contributed by atoms with Gasteiger partial charge in [0.05, 0.1) is 9.82 Å². The molecule has 12 heteroatoms. The van der Waals surface area contributed by atoms with E-state index in [2.05, 4.69) is 15.8 Å². The SMILES string of the molecule is Cc1csc(Sc2ccc(C(=O)NNC(=O)C(C)Oc3ccccc3F)cc2[N+](=O)[O-])n1. The Bertz CT molecular complexity index is 1170. The predicted molar refractivity (Wildman–Crippen MR) is 116 cm³/mol. The van der Waals surface area contributed by atoms with E-state index in [0.717, 1.165) is 23.5 Å². The molecule has 2 amide bonds. The number of ether oxygens (including phenoxy) is 1. The first-order valence-electron chi connectivity index (χ1n) is 9.14. The number of nitro benzene ring substituents is 1. The fraction of sp³-hybridized carbons (Fsp3) is 0.150. The monoisotopic (exact) mass is 476 g/mol. The zero-order valence-electron chi connectivity index (χ0n) is 16.8. The standard InChI is InChI=1S/C20H17FN4O5S2/c1-11-10-31-20(22-11)32-17-8-7-13(9-15(17)25(28)29)19(27)24-23-18(26)12(2)30-16-6-4-3-5-14(16)21/h3-10,12H,1-2H3,(H,23,26)(H,24,27). The highest BCUT2D eigenvalue weighted by Gasteiger charge is 2.21. The summed E-state index contributed by atoms with van der Waals surface area (Å²) < 4.78 is 19.5. The van der Waals surface area contributed by atoms with Crippen LogP contribution in [0.3, 0.4) is 0 Å². The average Bonchev–Trinajstić information content (AvgIpc) is 3.17. The lowest BCUT2D eigenvalue weighted by molar-refractivity contribution is -0.387. The molecule has 3 rings (SSSR count). The Balaban J connectivity index is 1.64. The third kappa shape index (κ3) is 5.80. The molecule has 0 bridgehead atoms. The Labute approximate surface area is 190 Å². The summed E-state index contributed by atoms with van der Waals surface area (Å²) in [4.78, 5) is 40.0. The zero-order valence-corrected chi connectivity index (χ0v) is 18.5. The van der Waals surface area contributed by atoms with Gasteiger partial charge in [-0.1, -0.05) is 23.9 Å². The first-order valence-corrected chi connectivity index (χ1v) is 10.8. The van der Waals surface area contributed by atoms with Crippen LogP contribution in [0.1, 0.15) is 23.0 Å². The largest absolute Gasteiger partial charge is 0.478 e. The number of nitro groups is 1. The molecule has 0 aliphatic carbocycles. The summed E-state index contributed by atoms with van der Waals surface area (Å²) in [7, 11) is 0. The van der Waals surface area contributed by atoms with Crippen molar-refractivity contribution < 1.29 is 23.6 Å². The third-order valence-electron chi connectivity index (χ3n) is 4.02. The smallest absolute Gasteiger partial charge is 0.284 e. The van der Waals surface area contributed by atoms with E-state index in [1.807, 2.05) is 12.3 Å². The van der Waals surface area contributed by atoms with Gasteiger partial charge in [0.2, 0.25) is 0 Å². The van der Waals surface area contributed by atoms with Crippen LogP contribution in [0.15, 0.2) is 57.1 Å². The van der Waals surface area contributed by atoms with Crippen molar-refractivity contribution in [2.24, 2.45) is 0 Å². The lowest BCUT2D eigenvalue weighted by atomic mass is 10.2. The second-order valence-electron chi connectivity index (χ2n) is 6.43. The van der Waals surface area contributed by atoms with Crippen molar-refractivity contribution in [3.8, 4) is 5.75 Å². The Morgan fingerprint density at radius 2 is 2.00 bits per heavy atom. The van der Waals surface area contributed by atoms with E-state index < -0.39 is 28.7 Å². The quantitative estimate of drug-likeness (QED) is 0.392. The van der Waals surface area contributed by atoms with Gasteiger partial charge in [0.15, 0.2) is 22.0 Å². The minimum atomic E-state index is -1.11. The lowest BCUT2D eigenvalue weighted by Crippen LogP contribution is -2.47. The maximum absolute atomic E-state index is 13.6. The molecule has 166 valence electrons. The number of aryl methyl sites for hydroxylation is 1. The number of para-hydroxylation sites is 1. The van der Waals surface area contributed by atoms with Gasteiger partial charge in [-0.25, -0.2) is 9.37 Å². The molecule has 9 nitrogen and oxygen atoms in total. The number of nitrogens with zero attached hydrogens (tertiary/aromatic N) is 2. The van der Waals surface area contributed by atoms with E-state index in [-0.39, 0.29) is 17.0 Å². The second-order valence-corrected chi connectivity index (χ2v) is 8.58. The van der Waals surface area contributed by atoms with Crippen LogP contribution in [0, 0.1) is 22.9 Å². The average molecular weight is 477 g/mol. The molecular formula is C20H17FN4O5S2. The first-order chi connectivity index (χ1) is 15.2. The van der Waals surface area contributed by atoms with Gasteiger partial charge >= 0.3 is 0 Å². The molecule has 0 aliphatic heterocycles. The molecule has 0 aliphatic rings. The zero-order chi connectivity index (χ0) is 23.3. The molecule has 2 N–H and O–H groups in total. The van der Waals surface area contributed by atoms with Gasteiger partial charge in [0.1, 0.15) is 0 Å². The van der Waals surface area contributed by atoms with Crippen molar-refractivity contribution in [2.45, 2.75) is 29.2 Å². The number of thiazole rings is 1. The highest BCUT2D eigenvalue weighted by molar-refractivity contribution is 8.01. The highest BCUT2D eigenvalue weighted by atomic mass is 32.2. The van der Waals surface area contributed by atoms with Crippen molar-refractivity contribution in [3.05, 3.63) is 75.0 Å². The Kier molecular flexibility index (Phi) is 7.38. The molecule has 0 saturated heterocycles. The molecule has 1 heterocycles. The van der Waals surface area contributed by atoms with E-state index in [1.165, 1.54) is 48.6 Å². The number of aromatic nitrogens is 1. The van der Waals surface area contributed by atoms with E-state index in [0.29, 0.717) is 9.24 Å². The molecule has 1 aromatic heterocycles. The first kappa shape index (κ1) is 23.2. The summed E-state index contributed by atoms with van der Waals surface area (Å²) in [5.74, 6) is -2.24. The van der Waals surface area contributed by atoms with Gasteiger partial charge < -0.3 is 4.74 Å². The number of hydrogen-bond donors (Lipinski definition) is 2. The lowest BCUT2D eigenvalue weighted by Gasteiger charge is -2.15. The van der Waals surface area contributed by atoms with Gasteiger partial charge in [-0.3, -0.25) is 30.6 Å². The number of rotatable bonds is 7. The van der Waals surface area contributed by atoms with Gasteiger partial charge in [-0.05, 0) is 38.1 Å². The molecular weight excluding hydrogens is 459 g/mol. The fourth-order valence-electron chi connectivity index (χ4n) is 2.44. The van der Waals surface area contributed by atoms with Crippen molar-refractivity contribution >= 4 is 40.6 Å². The molecule has 1 atom stereocenters. The van der Waals surface area contributed by atoms with E-state index in [1.54, 1.807) is 6.07 Å². The van der Waals surface area contributed by atoms with Crippen LogP contribution in [0.5, 0.6) is 5.75 Å². The maximum atomic E-state index is 13.6. The molecule has 0 saturated carbocycles. The van der Waals surface area contributed by atoms with Crippen LogP contribution in [0.25, 0.3) is 0 Å². The molecule has 0 fully saturated rings. The fourth-order valence-corrected chi connectivity index (χ4v) is 4.32. The van der Waals surface area contributed by atoms with Crippen molar-refractivity contribution in [2.75, 3.05) is 0 Å². The van der Waals surface area contributed by atoms with Crippen LogP contribution < -0.4 is 15.6 Å². The summed E-state index contributed by atoms with van der Waals surface area (Å²) in [6.45, 7) is 3.20. The van der Waals surface area contributed by atoms with Crippen LogP contribution in [-0.2, 0) is 4.79 Å². The summed E-state index contributed by atoms with van der Waals surface area (Å²) >= 11 is 2.48. The van der Waals surface area contributed by atoms with E-state index >= 15 is 0 Å².